The first-order valence-electron chi connectivity index (χ1n) is 10.4. The van der Waals surface area contributed by atoms with Crippen LogP contribution in [0.5, 0.6) is 11.5 Å². The summed E-state index contributed by atoms with van der Waals surface area (Å²) in [5.74, 6) is 1.73. The highest BCUT2D eigenvalue weighted by atomic mass is 32.2. The Hall–Kier alpha value is -3.44. The minimum Gasteiger partial charge on any atom is -0.497 e. The molecule has 2 aromatic carbocycles. The van der Waals surface area contributed by atoms with Crippen molar-refractivity contribution in [3.8, 4) is 17.2 Å². The molecule has 0 saturated heterocycles. The maximum absolute atomic E-state index is 12.5. The lowest BCUT2D eigenvalue weighted by atomic mass is 10.1. The predicted octanol–water partition coefficient (Wildman–Crippen LogP) is 4.73. The number of benzene rings is 2. The van der Waals surface area contributed by atoms with Gasteiger partial charge in [0.2, 0.25) is 11.1 Å². The maximum atomic E-state index is 12.5. The molecule has 4 rings (SSSR count). The van der Waals surface area contributed by atoms with Crippen LogP contribution in [-0.4, -0.2) is 45.3 Å². The molecule has 0 aliphatic heterocycles. The van der Waals surface area contributed by atoms with E-state index in [0.717, 1.165) is 22.5 Å². The van der Waals surface area contributed by atoms with Crippen LogP contribution in [0.1, 0.15) is 23.7 Å². The minimum atomic E-state index is -0.0867. The zero-order valence-electron chi connectivity index (χ0n) is 19.5. The van der Waals surface area contributed by atoms with E-state index in [1.165, 1.54) is 23.1 Å². The summed E-state index contributed by atoms with van der Waals surface area (Å²) in [5, 5.41) is 15.3. The normalized spacial score (nSPS) is 10.9. The second-order valence-corrected chi connectivity index (χ2v) is 9.17. The van der Waals surface area contributed by atoms with Gasteiger partial charge in [-0.05, 0) is 53.6 Å². The summed E-state index contributed by atoms with van der Waals surface area (Å²) in [6.45, 7) is 5.59. The summed E-state index contributed by atoms with van der Waals surface area (Å²) in [4.78, 5) is 18.9. The van der Waals surface area contributed by atoms with E-state index in [2.05, 4.69) is 15.5 Å². The van der Waals surface area contributed by atoms with Crippen LogP contribution in [0, 0.1) is 13.8 Å². The second kappa shape index (κ2) is 10.2. The van der Waals surface area contributed by atoms with Crippen molar-refractivity contribution >= 4 is 39.8 Å². The topological polar surface area (TPSA) is 95.3 Å². The molecule has 0 N–H and O–H groups in total. The highest BCUT2D eigenvalue weighted by molar-refractivity contribution is 7.98. The fourth-order valence-corrected chi connectivity index (χ4v) is 5.13. The molecule has 4 aromatic rings. The molecule has 1 amide bonds. The lowest BCUT2D eigenvalue weighted by molar-refractivity contribution is -0.115. The Morgan fingerprint density at radius 2 is 2.00 bits per heavy atom. The summed E-state index contributed by atoms with van der Waals surface area (Å²) in [6, 6.07) is 11.4. The van der Waals surface area contributed by atoms with Gasteiger partial charge in [-0.25, -0.2) is 4.98 Å². The third-order valence-corrected chi connectivity index (χ3v) is 7.09. The Morgan fingerprint density at radius 3 is 2.74 bits per heavy atom. The molecule has 0 radical (unpaired) electrons. The molecule has 176 valence electrons. The second-order valence-electron chi connectivity index (χ2n) is 7.39. The number of anilines is 2. The van der Waals surface area contributed by atoms with E-state index in [4.69, 9.17) is 14.5 Å². The zero-order valence-corrected chi connectivity index (χ0v) is 21.1. The van der Waals surface area contributed by atoms with Gasteiger partial charge >= 0.3 is 0 Å². The molecule has 11 heteroatoms. The fourth-order valence-electron chi connectivity index (χ4n) is 3.37. The molecule has 2 aromatic heterocycles. The van der Waals surface area contributed by atoms with Crippen LogP contribution in [0.15, 0.2) is 46.9 Å². The largest absolute Gasteiger partial charge is 0.497 e. The van der Waals surface area contributed by atoms with Crippen molar-refractivity contribution in [3.63, 3.8) is 0 Å². The lowest BCUT2D eigenvalue weighted by Gasteiger charge is -2.21. The number of ether oxygens (including phenoxy) is 2. The Morgan fingerprint density at radius 1 is 1.18 bits per heavy atom. The Balaban J connectivity index is 1.57. The van der Waals surface area contributed by atoms with E-state index in [0.29, 0.717) is 33.2 Å². The number of rotatable bonds is 8. The Kier molecular flexibility index (Phi) is 7.13. The summed E-state index contributed by atoms with van der Waals surface area (Å²) >= 11 is 2.87. The van der Waals surface area contributed by atoms with Gasteiger partial charge in [-0.15, -0.1) is 16.4 Å². The number of hydrogen-bond acceptors (Lipinski definition) is 9. The van der Waals surface area contributed by atoms with Crippen molar-refractivity contribution in [2.75, 3.05) is 19.1 Å². The number of aryl methyl sites for hydroxylation is 1. The van der Waals surface area contributed by atoms with Crippen LogP contribution >= 0.6 is 23.1 Å². The van der Waals surface area contributed by atoms with Gasteiger partial charge in [0.25, 0.3) is 0 Å². The van der Waals surface area contributed by atoms with Crippen molar-refractivity contribution in [1.82, 2.24) is 25.2 Å². The van der Waals surface area contributed by atoms with Crippen molar-refractivity contribution in [2.24, 2.45) is 0 Å². The highest BCUT2D eigenvalue weighted by Gasteiger charge is 2.21. The van der Waals surface area contributed by atoms with Gasteiger partial charge in [-0.3, -0.25) is 9.69 Å². The van der Waals surface area contributed by atoms with Crippen molar-refractivity contribution in [1.29, 1.82) is 0 Å². The first-order chi connectivity index (χ1) is 16.4. The Bertz CT molecular complexity index is 1320. The lowest BCUT2D eigenvalue weighted by Crippen LogP contribution is -2.23. The van der Waals surface area contributed by atoms with E-state index < -0.39 is 0 Å². The van der Waals surface area contributed by atoms with E-state index in [1.54, 1.807) is 36.8 Å². The Labute approximate surface area is 205 Å². The van der Waals surface area contributed by atoms with Crippen LogP contribution in [0.25, 0.3) is 5.69 Å². The number of aromatic nitrogens is 5. The van der Waals surface area contributed by atoms with Crippen LogP contribution in [-0.2, 0) is 10.5 Å². The number of thiazole rings is 1. The van der Waals surface area contributed by atoms with Gasteiger partial charge in [0.1, 0.15) is 17.2 Å². The van der Waals surface area contributed by atoms with E-state index in [1.807, 2.05) is 49.6 Å². The molecule has 0 atom stereocenters. The standard InChI is InChI=1S/C23H24N6O3S2/c1-14-7-6-8-19(15(14)2)28(16(3)30)22-24-17(12-33-22)13-34-23-25-26-27-29(23)20-11-18(31-4)9-10-21(20)32-5/h6-12H,13H2,1-5H3. The smallest absolute Gasteiger partial charge is 0.230 e. The first-order valence-corrected chi connectivity index (χ1v) is 12.2. The molecule has 0 spiro atoms. The predicted molar refractivity (Wildman–Crippen MR) is 133 cm³/mol. The molecule has 2 heterocycles. The molecule has 0 aliphatic carbocycles. The van der Waals surface area contributed by atoms with Gasteiger partial charge < -0.3 is 9.47 Å². The van der Waals surface area contributed by atoms with E-state index >= 15 is 0 Å². The number of tetrazole rings is 1. The number of amides is 1. The SMILES string of the molecule is COc1ccc(OC)c(-n2nnnc2SCc2csc(N(C(C)=O)c3cccc(C)c3C)n2)c1. The molecule has 0 fully saturated rings. The number of carbonyl (C=O) groups excluding carboxylic acids is 1. The van der Waals surface area contributed by atoms with Gasteiger partial charge in [-0.2, -0.15) is 4.68 Å². The maximum Gasteiger partial charge on any atom is 0.230 e. The van der Waals surface area contributed by atoms with Gasteiger partial charge in [0.15, 0.2) is 5.13 Å². The first kappa shape index (κ1) is 23.7. The minimum absolute atomic E-state index is 0.0867. The average Bonchev–Trinajstić information content (AvgIpc) is 3.49. The van der Waals surface area contributed by atoms with Gasteiger partial charge in [0, 0.05) is 24.1 Å². The fraction of sp³-hybridized carbons (Fsp3) is 0.261. The monoisotopic (exact) mass is 496 g/mol. The van der Waals surface area contributed by atoms with Gasteiger partial charge in [0.05, 0.1) is 25.6 Å². The molecular weight excluding hydrogens is 472 g/mol. The molecule has 0 saturated carbocycles. The third kappa shape index (κ3) is 4.75. The number of carbonyl (C=O) groups is 1. The summed E-state index contributed by atoms with van der Waals surface area (Å²) in [7, 11) is 3.19. The number of nitrogens with zero attached hydrogens (tertiary/aromatic N) is 6. The van der Waals surface area contributed by atoms with Crippen LogP contribution in [0.3, 0.4) is 0 Å². The van der Waals surface area contributed by atoms with Crippen LogP contribution in [0.4, 0.5) is 10.8 Å². The number of hydrogen-bond donors (Lipinski definition) is 0. The van der Waals surface area contributed by atoms with E-state index in [-0.39, 0.29) is 5.91 Å². The van der Waals surface area contributed by atoms with E-state index in [9.17, 15) is 4.79 Å². The van der Waals surface area contributed by atoms with Crippen LogP contribution in [0.2, 0.25) is 0 Å². The summed E-state index contributed by atoms with van der Waals surface area (Å²) in [5.41, 5.74) is 4.51. The van der Waals surface area contributed by atoms with Crippen molar-refractivity contribution < 1.29 is 14.3 Å². The number of thioether (sulfide) groups is 1. The highest BCUT2D eigenvalue weighted by Crippen LogP contribution is 2.34. The summed E-state index contributed by atoms with van der Waals surface area (Å²) in [6.07, 6.45) is 0. The molecule has 0 unspecified atom stereocenters. The quantitative estimate of drug-likeness (QED) is 0.323. The average molecular weight is 497 g/mol. The van der Waals surface area contributed by atoms with Crippen molar-refractivity contribution in [2.45, 2.75) is 31.7 Å². The van der Waals surface area contributed by atoms with Gasteiger partial charge in [-0.1, -0.05) is 23.9 Å². The molecule has 34 heavy (non-hydrogen) atoms. The summed E-state index contributed by atoms with van der Waals surface area (Å²) < 4.78 is 12.4. The number of methoxy groups -OCH3 is 2. The van der Waals surface area contributed by atoms with Crippen LogP contribution < -0.4 is 14.4 Å². The molecular formula is C23H24N6O3S2. The van der Waals surface area contributed by atoms with Crippen molar-refractivity contribution in [3.05, 3.63) is 58.6 Å². The molecule has 0 aliphatic rings. The molecule has 9 nitrogen and oxygen atoms in total. The zero-order chi connectivity index (χ0) is 24.2. The third-order valence-electron chi connectivity index (χ3n) is 5.27. The molecule has 0 bridgehead atoms.